The van der Waals surface area contributed by atoms with Gasteiger partial charge in [0, 0.05) is 6.54 Å². The molecule has 7 nitrogen and oxygen atoms in total. The number of aliphatic hydroxyl groups is 1. The van der Waals surface area contributed by atoms with Crippen molar-refractivity contribution in [1.29, 1.82) is 0 Å². The molecule has 0 saturated carbocycles. The van der Waals surface area contributed by atoms with E-state index >= 15 is 0 Å². The number of ketones is 1. The van der Waals surface area contributed by atoms with Gasteiger partial charge in [0.15, 0.2) is 11.5 Å². The zero-order valence-electron chi connectivity index (χ0n) is 20.4. The lowest BCUT2D eigenvalue weighted by Crippen LogP contribution is -2.30. The Morgan fingerprint density at radius 2 is 1.80 bits per heavy atom. The minimum atomic E-state index is -0.832. The monoisotopic (exact) mass is 521 g/mol. The average Bonchev–Trinajstić information content (AvgIpc) is 3.06. The Morgan fingerprint density at radius 3 is 2.40 bits per heavy atom. The van der Waals surface area contributed by atoms with Crippen LogP contribution in [-0.4, -0.2) is 48.6 Å². The quantitative estimate of drug-likeness (QED) is 0.246. The fourth-order valence-corrected chi connectivity index (χ4v) is 4.79. The number of halogens is 2. The maximum absolute atomic E-state index is 13.3. The van der Waals surface area contributed by atoms with Crippen LogP contribution in [0, 0.1) is 0 Å². The zero-order chi connectivity index (χ0) is 25.9. The molecule has 2 aromatic carbocycles. The number of carbonyl (C=O) groups excluding carboxylic acids is 2. The van der Waals surface area contributed by atoms with E-state index in [1.807, 2.05) is 20.8 Å². The van der Waals surface area contributed by atoms with Crippen molar-refractivity contribution >= 4 is 40.7 Å². The number of amides is 1. The van der Waals surface area contributed by atoms with Crippen LogP contribution in [0.25, 0.3) is 5.76 Å². The Labute approximate surface area is 215 Å². The van der Waals surface area contributed by atoms with Gasteiger partial charge in [-0.25, -0.2) is 0 Å². The molecule has 3 rings (SSSR count). The predicted molar refractivity (Wildman–Crippen MR) is 136 cm³/mol. The van der Waals surface area contributed by atoms with Crippen LogP contribution in [0.2, 0.25) is 10.0 Å². The smallest absolute Gasteiger partial charge is 0.295 e. The highest BCUT2D eigenvalue weighted by Gasteiger charge is 2.46. The molecule has 0 aromatic heterocycles. The van der Waals surface area contributed by atoms with Gasteiger partial charge in [-0.3, -0.25) is 9.59 Å². The molecule has 188 valence electrons. The van der Waals surface area contributed by atoms with Crippen molar-refractivity contribution in [1.82, 2.24) is 4.90 Å². The summed E-state index contributed by atoms with van der Waals surface area (Å²) < 4.78 is 16.5. The standard InChI is InChI=1S/C26H29Cl2NO6/c1-6-7-11-29-21(15-9-8-10-16(12-15)35-14(2)3)19(23(31)26(29)32)22(30)17-13-18(27)25(34-5)20(28)24(17)33-4/h8-10,12-14,21,30H,6-7,11H2,1-5H3/b22-19+. The van der Waals surface area contributed by atoms with Crippen molar-refractivity contribution < 1.29 is 28.9 Å². The minimum Gasteiger partial charge on any atom is -0.507 e. The minimum absolute atomic E-state index is 0.0353. The number of hydrogen-bond donors (Lipinski definition) is 1. The molecule has 1 unspecified atom stereocenters. The van der Waals surface area contributed by atoms with Crippen LogP contribution in [0.3, 0.4) is 0 Å². The van der Waals surface area contributed by atoms with E-state index in [0.717, 1.165) is 6.42 Å². The van der Waals surface area contributed by atoms with Gasteiger partial charge in [0.25, 0.3) is 11.7 Å². The third-order valence-corrected chi connectivity index (χ3v) is 6.26. The van der Waals surface area contributed by atoms with E-state index in [9.17, 15) is 14.7 Å². The van der Waals surface area contributed by atoms with Gasteiger partial charge in [-0.05, 0) is 44.0 Å². The van der Waals surface area contributed by atoms with Crippen molar-refractivity contribution in [2.75, 3.05) is 20.8 Å². The molecule has 1 fully saturated rings. The van der Waals surface area contributed by atoms with Crippen molar-refractivity contribution in [3.05, 3.63) is 57.1 Å². The van der Waals surface area contributed by atoms with Gasteiger partial charge < -0.3 is 24.2 Å². The summed E-state index contributed by atoms with van der Waals surface area (Å²) >= 11 is 12.7. The van der Waals surface area contributed by atoms with E-state index in [4.69, 9.17) is 37.4 Å². The van der Waals surface area contributed by atoms with Gasteiger partial charge in [0.05, 0.1) is 42.5 Å². The van der Waals surface area contributed by atoms with Gasteiger partial charge in [-0.1, -0.05) is 48.7 Å². The van der Waals surface area contributed by atoms with Gasteiger partial charge in [-0.2, -0.15) is 0 Å². The van der Waals surface area contributed by atoms with E-state index in [0.29, 0.717) is 24.3 Å². The molecule has 0 spiro atoms. The van der Waals surface area contributed by atoms with Crippen molar-refractivity contribution in [3.63, 3.8) is 0 Å². The van der Waals surface area contributed by atoms with Gasteiger partial charge in [0.2, 0.25) is 0 Å². The van der Waals surface area contributed by atoms with E-state index in [2.05, 4.69) is 0 Å². The third kappa shape index (κ3) is 5.21. The summed E-state index contributed by atoms with van der Waals surface area (Å²) in [6.07, 6.45) is 1.45. The SMILES string of the molecule is CCCCN1C(=O)C(=O)/C(=C(/O)c2cc(Cl)c(OC)c(Cl)c2OC)C1c1cccc(OC(C)C)c1. The Kier molecular flexibility index (Phi) is 8.56. The number of methoxy groups -OCH3 is 2. The second-order valence-corrected chi connectivity index (χ2v) is 9.16. The first kappa shape index (κ1) is 26.7. The maximum atomic E-state index is 13.3. The largest absolute Gasteiger partial charge is 0.507 e. The number of carbonyl (C=O) groups is 2. The summed E-state index contributed by atoms with van der Waals surface area (Å²) in [5.74, 6) is -1.10. The first-order valence-electron chi connectivity index (χ1n) is 11.3. The highest BCUT2D eigenvalue weighted by molar-refractivity contribution is 6.47. The Bertz CT molecular complexity index is 1160. The molecule has 1 saturated heterocycles. The zero-order valence-corrected chi connectivity index (χ0v) is 21.9. The lowest BCUT2D eigenvalue weighted by Gasteiger charge is -2.26. The third-order valence-electron chi connectivity index (χ3n) is 5.63. The normalized spacial score (nSPS) is 17.3. The number of ether oxygens (including phenoxy) is 3. The molecule has 0 bridgehead atoms. The van der Waals surface area contributed by atoms with Crippen molar-refractivity contribution in [3.8, 4) is 17.2 Å². The first-order chi connectivity index (χ1) is 16.7. The second kappa shape index (κ2) is 11.2. The molecular weight excluding hydrogens is 493 g/mol. The van der Waals surface area contributed by atoms with Crippen LogP contribution in [0.1, 0.15) is 50.8 Å². The Morgan fingerprint density at radius 1 is 1.11 bits per heavy atom. The molecule has 1 amide bonds. The molecule has 2 aromatic rings. The van der Waals surface area contributed by atoms with Gasteiger partial charge in [-0.15, -0.1) is 0 Å². The van der Waals surface area contributed by atoms with Crippen LogP contribution in [0.5, 0.6) is 17.2 Å². The van der Waals surface area contributed by atoms with Crippen LogP contribution >= 0.6 is 23.2 Å². The van der Waals surface area contributed by atoms with E-state index in [1.165, 1.54) is 25.2 Å². The summed E-state index contributed by atoms with van der Waals surface area (Å²) in [6.45, 7) is 6.15. The highest BCUT2D eigenvalue weighted by Crippen LogP contribution is 2.47. The fourth-order valence-electron chi connectivity index (χ4n) is 4.11. The highest BCUT2D eigenvalue weighted by atomic mass is 35.5. The number of aliphatic hydroxyl groups excluding tert-OH is 1. The van der Waals surface area contributed by atoms with Crippen molar-refractivity contribution in [2.45, 2.75) is 45.8 Å². The van der Waals surface area contributed by atoms with Crippen LogP contribution in [-0.2, 0) is 9.59 Å². The van der Waals surface area contributed by atoms with Crippen molar-refractivity contribution in [2.24, 2.45) is 0 Å². The summed E-state index contributed by atoms with van der Waals surface area (Å²) in [5.41, 5.74) is 0.629. The van der Waals surface area contributed by atoms with Crippen LogP contribution in [0.4, 0.5) is 0 Å². The number of Topliss-reactive ketones (excluding diaryl/α,β-unsaturated/α-hetero) is 1. The van der Waals surface area contributed by atoms with E-state index in [-0.39, 0.29) is 38.8 Å². The molecule has 1 aliphatic heterocycles. The topological polar surface area (TPSA) is 85.3 Å². The number of likely N-dealkylation sites (tertiary alicyclic amines) is 1. The Balaban J connectivity index is 2.27. The molecular formula is C26H29Cl2NO6. The Hall–Kier alpha value is -2.90. The van der Waals surface area contributed by atoms with Gasteiger partial charge in [0.1, 0.15) is 16.5 Å². The fraction of sp³-hybridized carbons (Fsp3) is 0.385. The van der Waals surface area contributed by atoms with Crippen LogP contribution < -0.4 is 14.2 Å². The van der Waals surface area contributed by atoms with Crippen LogP contribution in [0.15, 0.2) is 35.9 Å². The molecule has 35 heavy (non-hydrogen) atoms. The number of hydrogen-bond acceptors (Lipinski definition) is 6. The van der Waals surface area contributed by atoms with E-state index in [1.54, 1.807) is 24.3 Å². The number of benzene rings is 2. The number of nitrogens with zero attached hydrogens (tertiary/aromatic N) is 1. The molecule has 1 heterocycles. The molecule has 1 atom stereocenters. The molecule has 0 aliphatic carbocycles. The second-order valence-electron chi connectivity index (χ2n) is 8.37. The number of unbranched alkanes of at least 4 members (excludes halogenated alkanes) is 1. The first-order valence-corrected chi connectivity index (χ1v) is 12.1. The summed E-state index contributed by atoms with van der Waals surface area (Å²) in [4.78, 5) is 27.8. The molecule has 0 radical (unpaired) electrons. The predicted octanol–water partition coefficient (Wildman–Crippen LogP) is 6.02. The lowest BCUT2D eigenvalue weighted by molar-refractivity contribution is -0.139. The summed E-state index contributed by atoms with van der Waals surface area (Å²) in [7, 11) is 2.77. The maximum Gasteiger partial charge on any atom is 0.295 e. The van der Waals surface area contributed by atoms with E-state index < -0.39 is 23.5 Å². The number of rotatable bonds is 9. The molecule has 1 N–H and O–H groups in total. The lowest BCUT2D eigenvalue weighted by atomic mass is 9.94. The average molecular weight is 522 g/mol. The summed E-state index contributed by atoms with van der Waals surface area (Å²) in [6, 6.07) is 7.72. The summed E-state index contributed by atoms with van der Waals surface area (Å²) in [5, 5.41) is 11.6. The molecule has 9 heteroatoms. The van der Waals surface area contributed by atoms with Gasteiger partial charge >= 0.3 is 0 Å². The molecule has 1 aliphatic rings.